The van der Waals surface area contributed by atoms with Gasteiger partial charge in [0.15, 0.2) is 5.12 Å². The van der Waals surface area contributed by atoms with Crippen molar-refractivity contribution in [2.75, 3.05) is 5.75 Å². The maximum Gasteiger partial charge on any atom is 0.287 e. The monoisotopic (exact) mass is 266 g/mol. The second-order valence-corrected chi connectivity index (χ2v) is 4.96. The van der Waals surface area contributed by atoms with Crippen LogP contribution in [0.5, 0.6) is 0 Å². The Bertz CT molecular complexity index is 486. The first kappa shape index (κ1) is 14.4. The Morgan fingerprint density at radius 1 is 1.61 bits per heavy atom. The molecule has 1 heterocycles. The van der Waals surface area contributed by atoms with Crippen LogP contribution in [0.4, 0.5) is 5.69 Å². The minimum absolute atomic E-state index is 0.00298. The summed E-state index contributed by atoms with van der Waals surface area (Å²) in [5, 5.41) is 10.6. The van der Waals surface area contributed by atoms with Gasteiger partial charge in [0, 0.05) is 18.7 Å². The fourth-order valence-corrected chi connectivity index (χ4v) is 1.85. The number of nitrogens with zero attached hydrogens (tertiary/aromatic N) is 2. The van der Waals surface area contributed by atoms with Crippen molar-refractivity contribution in [2.45, 2.75) is 20.3 Å². The molecule has 0 N–H and O–H groups in total. The summed E-state index contributed by atoms with van der Waals surface area (Å²) in [6, 6.07) is 1.50. The number of hydrogen-bond acceptors (Lipinski definition) is 5. The lowest BCUT2D eigenvalue weighted by molar-refractivity contribution is -0.385. The Kier molecular flexibility index (Phi) is 5.51. The van der Waals surface area contributed by atoms with Crippen molar-refractivity contribution in [3.05, 3.63) is 39.7 Å². The van der Waals surface area contributed by atoms with Crippen molar-refractivity contribution < 1.29 is 9.72 Å². The first-order valence-corrected chi connectivity index (χ1v) is 6.40. The van der Waals surface area contributed by atoms with Crippen LogP contribution in [-0.2, 0) is 4.79 Å². The maximum atomic E-state index is 10.7. The van der Waals surface area contributed by atoms with Gasteiger partial charge in [-0.3, -0.25) is 14.9 Å². The number of allylic oxidation sites excluding steroid dienone is 1. The van der Waals surface area contributed by atoms with Gasteiger partial charge in [-0.15, -0.1) is 0 Å². The number of carbonyl (C=O) groups excluding carboxylic acids is 1. The van der Waals surface area contributed by atoms with Crippen LogP contribution in [0.1, 0.15) is 24.6 Å². The Morgan fingerprint density at radius 3 is 2.89 bits per heavy atom. The molecule has 0 amide bonds. The third-order valence-corrected chi connectivity index (χ3v) is 3.03. The van der Waals surface area contributed by atoms with Gasteiger partial charge in [0.25, 0.3) is 5.69 Å². The molecule has 0 aromatic carbocycles. The number of rotatable bonds is 5. The third-order valence-electron chi connectivity index (χ3n) is 2.18. The van der Waals surface area contributed by atoms with Crippen molar-refractivity contribution in [3.8, 4) is 0 Å². The highest BCUT2D eigenvalue weighted by Crippen LogP contribution is 2.15. The van der Waals surface area contributed by atoms with E-state index in [0.717, 1.165) is 17.7 Å². The first-order chi connectivity index (χ1) is 8.50. The molecule has 1 rings (SSSR count). The summed E-state index contributed by atoms with van der Waals surface area (Å²) in [4.78, 5) is 24.8. The average Bonchev–Trinajstić information content (AvgIpc) is 2.29. The SMILES string of the molecule is CC(=O)SCCC=Cc1ncc([N+](=O)[O-])cc1C. The second kappa shape index (κ2) is 6.90. The summed E-state index contributed by atoms with van der Waals surface area (Å²) in [5.74, 6) is 0.734. The smallest absolute Gasteiger partial charge is 0.287 e. The van der Waals surface area contributed by atoms with Crippen LogP contribution in [0.25, 0.3) is 6.08 Å². The number of hydrogen-bond donors (Lipinski definition) is 0. The van der Waals surface area contributed by atoms with Gasteiger partial charge in [0.1, 0.15) is 6.20 Å². The van der Waals surface area contributed by atoms with E-state index in [1.165, 1.54) is 30.9 Å². The molecule has 0 aliphatic carbocycles. The molecular weight excluding hydrogens is 252 g/mol. The van der Waals surface area contributed by atoms with Gasteiger partial charge in [-0.2, -0.15) is 0 Å². The standard InChI is InChI=1S/C12H14N2O3S/c1-9-7-11(14(16)17)8-13-12(9)5-3-4-6-18-10(2)15/h3,5,7-8H,4,6H2,1-2H3. The summed E-state index contributed by atoms with van der Waals surface area (Å²) < 4.78 is 0. The van der Waals surface area contributed by atoms with Gasteiger partial charge < -0.3 is 0 Å². The molecule has 0 spiro atoms. The number of aryl methyl sites for hydroxylation is 1. The highest BCUT2D eigenvalue weighted by molar-refractivity contribution is 8.13. The quantitative estimate of drug-likeness (QED) is 0.465. The molecule has 1 aromatic heterocycles. The molecule has 5 nitrogen and oxygen atoms in total. The van der Waals surface area contributed by atoms with Crippen LogP contribution in [-0.4, -0.2) is 20.8 Å². The molecular formula is C12H14N2O3S. The zero-order valence-electron chi connectivity index (χ0n) is 10.3. The largest absolute Gasteiger partial charge is 0.288 e. The fraction of sp³-hybridized carbons (Fsp3) is 0.333. The molecule has 0 aliphatic heterocycles. The highest BCUT2D eigenvalue weighted by Gasteiger charge is 2.07. The molecule has 6 heteroatoms. The maximum absolute atomic E-state index is 10.7. The minimum Gasteiger partial charge on any atom is -0.288 e. The Morgan fingerprint density at radius 2 is 2.33 bits per heavy atom. The van der Waals surface area contributed by atoms with Crippen LogP contribution in [0.2, 0.25) is 0 Å². The van der Waals surface area contributed by atoms with Gasteiger partial charge in [-0.25, -0.2) is 4.98 Å². The predicted molar refractivity (Wildman–Crippen MR) is 72.4 cm³/mol. The zero-order valence-corrected chi connectivity index (χ0v) is 11.1. The number of aromatic nitrogens is 1. The lowest BCUT2D eigenvalue weighted by Gasteiger charge is -1.99. The topological polar surface area (TPSA) is 73.1 Å². The molecule has 0 saturated heterocycles. The van der Waals surface area contributed by atoms with Gasteiger partial charge >= 0.3 is 0 Å². The van der Waals surface area contributed by atoms with Gasteiger partial charge in [-0.1, -0.05) is 17.8 Å². The molecule has 0 saturated carbocycles. The first-order valence-electron chi connectivity index (χ1n) is 5.41. The Balaban J connectivity index is 2.59. The summed E-state index contributed by atoms with van der Waals surface area (Å²) in [5.41, 5.74) is 1.48. The predicted octanol–water partition coefficient (Wildman–Crippen LogP) is 2.98. The van der Waals surface area contributed by atoms with Crippen LogP contribution < -0.4 is 0 Å². The highest BCUT2D eigenvalue weighted by atomic mass is 32.2. The number of carbonyl (C=O) groups is 1. The lowest BCUT2D eigenvalue weighted by atomic mass is 10.2. The second-order valence-electron chi connectivity index (χ2n) is 3.68. The van der Waals surface area contributed by atoms with Crippen molar-refractivity contribution in [3.63, 3.8) is 0 Å². The van der Waals surface area contributed by atoms with Crippen LogP contribution in [0, 0.1) is 17.0 Å². The van der Waals surface area contributed by atoms with Gasteiger partial charge in [0.2, 0.25) is 0 Å². The lowest BCUT2D eigenvalue weighted by Crippen LogP contribution is -1.93. The van der Waals surface area contributed by atoms with E-state index in [0.29, 0.717) is 5.69 Å². The van der Waals surface area contributed by atoms with Crippen molar-refractivity contribution in [1.82, 2.24) is 4.98 Å². The number of pyridine rings is 1. The van der Waals surface area contributed by atoms with Crippen LogP contribution in [0.3, 0.4) is 0 Å². The summed E-state index contributed by atoms with van der Waals surface area (Å²) in [6.07, 6.45) is 5.75. The summed E-state index contributed by atoms with van der Waals surface area (Å²) in [6.45, 7) is 3.32. The van der Waals surface area contributed by atoms with E-state index < -0.39 is 4.92 Å². The average molecular weight is 266 g/mol. The molecule has 18 heavy (non-hydrogen) atoms. The van der Waals surface area contributed by atoms with Crippen molar-refractivity contribution in [1.29, 1.82) is 0 Å². The fourth-order valence-electron chi connectivity index (χ4n) is 1.31. The van der Waals surface area contributed by atoms with Crippen LogP contribution >= 0.6 is 11.8 Å². The Hall–Kier alpha value is -1.69. The summed E-state index contributed by atoms with van der Waals surface area (Å²) >= 11 is 1.28. The molecule has 0 fully saturated rings. The van der Waals surface area contributed by atoms with E-state index in [9.17, 15) is 14.9 Å². The van der Waals surface area contributed by atoms with E-state index in [1.54, 1.807) is 6.92 Å². The van der Waals surface area contributed by atoms with E-state index in [1.807, 2.05) is 12.2 Å². The third kappa shape index (κ3) is 4.67. The van der Waals surface area contributed by atoms with E-state index in [4.69, 9.17) is 0 Å². The minimum atomic E-state index is -0.461. The molecule has 0 bridgehead atoms. The molecule has 0 radical (unpaired) electrons. The van der Waals surface area contributed by atoms with E-state index in [2.05, 4.69) is 4.98 Å². The summed E-state index contributed by atoms with van der Waals surface area (Å²) in [7, 11) is 0. The zero-order chi connectivity index (χ0) is 13.5. The van der Waals surface area contributed by atoms with Crippen LogP contribution in [0.15, 0.2) is 18.3 Å². The normalized spacial score (nSPS) is 10.8. The molecule has 0 unspecified atom stereocenters. The van der Waals surface area contributed by atoms with E-state index in [-0.39, 0.29) is 10.8 Å². The Labute approximate surface area is 109 Å². The van der Waals surface area contributed by atoms with Crippen molar-refractivity contribution >= 4 is 28.6 Å². The molecule has 96 valence electrons. The van der Waals surface area contributed by atoms with Crippen molar-refractivity contribution in [2.24, 2.45) is 0 Å². The van der Waals surface area contributed by atoms with E-state index >= 15 is 0 Å². The van der Waals surface area contributed by atoms with Gasteiger partial charge in [0.05, 0.1) is 10.6 Å². The molecule has 0 aliphatic rings. The number of nitro groups is 1. The molecule has 1 aromatic rings. The molecule has 0 atom stereocenters. The van der Waals surface area contributed by atoms with Gasteiger partial charge in [-0.05, 0) is 25.0 Å². The number of thioether (sulfide) groups is 1.